The first kappa shape index (κ1) is 14.1. The van der Waals surface area contributed by atoms with Gasteiger partial charge < -0.3 is 0 Å². The van der Waals surface area contributed by atoms with Crippen LogP contribution in [0.2, 0.25) is 5.02 Å². The minimum Gasteiger partial charge on any atom is -0.281 e. The maximum atomic E-state index is 5.99. The Kier molecular flexibility index (Phi) is 4.14. The Hall–Kier alpha value is -0.850. The van der Waals surface area contributed by atoms with E-state index in [1.807, 2.05) is 22.8 Å². The first-order valence-electron chi connectivity index (χ1n) is 6.04. The van der Waals surface area contributed by atoms with Crippen LogP contribution < -0.4 is 0 Å². The van der Waals surface area contributed by atoms with Gasteiger partial charge in [-0.25, -0.2) is 9.97 Å². The molecule has 0 fully saturated rings. The van der Waals surface area contributed by atoms with Crippen LogP contribution in [0.1, 0.15) is 5.82 Å². The first-order valence-corrected chi connectivity index (χ1v) is 8.03. The van der Waals surface area contributed by atoms with Crippen molar-refractivity contribution in [3.8, 4) is 5.69 Å². The van der Waals surface area contributed by atoms with Crippen LogP contribution >= 0.6 is 45.8 Å². The number of aryl methyl sites for hydroxylation is 1. The second-order valence-electron chi connectivity index (χ2n) is 4.28. The van der Waals surface area contributed by atoms with E-state index in [0.29, 0.717) is 17.3 Å². The highest BCUT2D eigenvalue weighted by Crippen LogP contribution is 2.23. The number of fused-ring (bicyclic) bond motifs is 1. The van der Waals surface area contributed by atoms with Crippen molar-refractivity contribution < 1.29 is 0 Å². The predicted octanol–water partition coefficient (Wildman–Crippen LogP) is 4.46. The summed E-state index contributed by atoms with van der Waals surface area (Å²) < 4.78 is 3.20. The van der Waals surface area contributed by atoms with Crippen molar-refractivity contribution in [3.63, 3.8) is 0 Å². The maximum absolute atomic E-state index is 5.99. The van der Waals surface area contributed by atoms with Crippen LogP contribution in [0.3, 0.4) is 0 Å². The Morgan fingerprint density at radius 1 is 1.25 bits per heavy atom. The summed E-state index contributed by atoms with van der Waals surface area (Å²) in [7, 11) is 0. The topological polar surface area (TPSA) is 30.7 Å². The third kappa shape index (κ3) is 2.64. The minimum absolute atomic E-state index is 0.515. The highest BCUT2D eigenvalue weighted by molar-refractivity contribution is 14.1. The molecular formula is C14H10Cl2IN3. The summed E-state index contributed by atoms with van der Waals surface area (Å²) in [4.78, 5) is 9.01. The van der Waals surface area contributed by atoms with Gasteiger partial charge in [0, 0.05) is 27.8 Å². The lowest BCUT2D eigenvalue weighted by Crippen LogP contribution is -2.03. The standard InChI is InChI=1S/C14H10Cl2IN3/c15-5-4-13-19-12-6-9(16)8-18-14(12)20(13)11-3-1-2-10(17)7-11/h1-3,6-8H,4-5H2. The highest BCUT2D eigenvalue weighted by atomic mass is 127. The van der Waals surface area contributed by atoms with Gasteiger partial charge in [0.05, 0.1) is 5.02 Å². The van der Waals surface area contributed by atoms with Gasteiger partial charge in [-0.3, -0.25) is 4.57 Å². The quantitative estimate of drug-likeness (QED) is 0.465. The fourth-order valence-electron chi connectivity index (χ4n) is 2.13. The van der Waals surface area contributed by atoms with E-state index < -0.39 is 0 Å². The third-order valence-electron chi connectivity index (χ3n) is 2.92. The van der Waals surface area contributed by atoms with E-state index >= 15 is 0 Å². The van der Waals surface area contributed by atoms with E-state index in [9.17, 15) is 0 Å². The largest absolute Gasteiger partial charge is 0.281 e. The van der Waals surface area contributed by atoms with Crippen molar-refractivity contribution in [1.29, 1.82) is 0 Å². The number of hydrogen-bond acceptors (Lipinski definition) is 2. The molecule has 20 heavy (non-hydrogen) atoms. The molecule has 0 amide bonds. The van der Waals surface area contributed by atoms with Crippen molar-refractivity contribution in [2.24, 2.45) is 0 Å². The molecule has 3 nitrogen and oxygen atoms in total. The monoisotopic (exact) mass is 417 g/mol. The summed E-state index contributed by atoms with van der Waals surface area (Å²) in [6.45, 7) is 0. The zero-order valence-corrected chi connectivity index (χ0v) is 14.0. The zero-order chi connectivity index (χ0) is 14.1. The van der Waals surface area contributed by atoms with Gasteiger partial charge in [0.15, 0.2) is 5.65 Å². The van der Waals surface area contributed by atoms with Gasteiger partial charge in [-0.1, -0.05) is 17.7 Å². The lowest BCUT2D eigenvalue weighted by Gasteiger charge is -2.08. The lowest BCUT2D eigenvalue weighted by molar-refractivity contribution is 0.905. The Bertz CT molecular complexity index is 770. The van der Waals surface area contributed by atoms with Gasteiger partial charge in [0.1, 0.15) is 11.3 Å². The number of imidazole rings is 1. The smallest absolute Gasteiger partial charge is 0.164 e. The predicted molar refractivity (Wildman–Crippen MR) is 91.0 cm³/mol. The molecule has 3 aromatic rings. The summed E-state index contributed by atoms with van der Waals surface area (Å²) in [6, 6.07) is 10.0. The van der Waals surface area contributed by atoms with Crippen molar-refractivity contribution in [2.75, 3.05) is 5.88 Å². The number of aromatic nitrogens is 3. The Morgan fingerprint density at radius 3 is 2.85 bits per heavy atom. The van der Waals surface area contributed by atoms with E-state index in [1.54, 1.807) is 6.20 Å². The number of rotatable bonds is 3. The van der Waals surface area contributed by atoms with E-state index in [-0.39, 0.29) is 0 Å². The van der Waals surface area contributed by atoms with Gasteiger partial charge in [-0.15, -0.1) is 11.6 Å². The second kappa shape index (κ2) is 5.87. The molecule has 3 rings (SSSR count). The van der Waals surface area contributed by atoms with Gasteiger partial charge >= 0.3 is 0 Å². The minimum atomic E-state index is 0.515. The summed E-state index contributed by atoms with van der Waals surface area (Å²) in [5.41, 5.74) is 2.63. The van der Waals surface area contributed by atoms with Gasteiger partial charge in [0.2, 0.25) is 0 Å². The van der Waals surface area contributed by atoms with E-state index in [4.69, 9.17) is 23.2 Å². The van der Waals surface area contributed by atoms with Crippen LogP contribution in [0.4, 0.5) is 0 Å². The van der Waals surface area contributed by atoms with Gasteiger partial charge in [-0.05, 0) is 46.9 Å². The molecule has 6 heteroatoms. The lowest BCUT2D eigenvalue weighted by atomic mass is 10.3. The molecule has 0 aliphatic rings. The van der Waals surface area contributed by atoms with Crippen LogP contribution in [-0.2, 0) is 6.42 Å². The van der Waals surface area contributed by atoms with E-state index in [2.05, 4.69) is 44.7 Å². The van der Waals surface area contributed by atoms with Crippen molar-refractivity contribution in [2.45, 2.75) is 6.42 Å². The Morgan fingerprint density at radius 2 is 2.10 bits per heavy atom. The molecule has 102 valence electrons. The fourth-order valence-corrected chi connectivity index (χ4v) is 2.97. The molecule has 0 aliphatic carbocycles. The average Bonchev–Trinajstić information content (AvgIpc) is 2.76. The first-order chi connectivity index (χ1) is 9.69. The van der Waals surface area contributed by atoms with Crippen molar-refractivity contribution in [3.05, 3.63) is 50.9 Å². The number of pyridine rings is 1. The van der Waals surface area contributed by atoms with Gasteiger partial charge in [-0.2, -0.15) is 0 Å². The molecular weight excluding hydrogens is 408 g/mol. The summed E-state index contributed by atoms with van der Waals surface area (Å²) in [6.07, 6.45) is 2.32. The van der Waals surface area contributed by atoms with Crippen LogP contribution in [0.5, 0.6) is 0 Å². The Balaban J connectivity index is 2.28. The van der Waals surface area contributed by atoms with E-state index in [1.165, 1.54) is 0 Å². The van der Waals surface area contributed by atoms with E-state index in [0.717, 1.165) is 26.2 Å². The summed E-state index contributed by atoms with van der Waals surface area (Å²) in [5.74, 6) is 1.41. The molecule has 0 saturated carbocycles. The summed E-state index contributed by atoms with van der Waals surface area (Å²) >= 11 is 14.2. The number of halogens is 3. The molecule has 1 aromatic carbocycles. The third-order valence-corrected chi connectivity index (χ3v) is 3.98. The molecule has 0 aliphatic heterocycles. The molecule has 2 aromatic heterocycles. The van der Waals surface area contributed by atoms with Crippen LogP contribution in [-0.4, -0.2) is 20.4 Å². The average molecular weight is 418 g/mol. The normalized spacial score (nSPS) is 11.2. The van der Waals surface area contributed by atoms with Crippen molar-refractivity contribution in [1.82, 2.24) is 14.5 Å². The molecule has 0 bridgehead atoms. The molecule has 0 atom stereocenters. The molecule has 0 spiro atoms. The Labute approximate surface area is 140 Å². The second-order valence-corrected chi connectivity index (χ2v) is 6.34. The molecule has 0 N–H and O–H groups in total. The molecule has 2 heterocycles. The van der Waals surface area contributed by atoms with Gasteiger partial charge in [0.25, 0.3) is 0 Å². The zero-order valence-electron chi connectivity index (χ0n) is 10.4. The SMILES string of the molecule is ClCCc1nc2cc(Cl)cnc2n1-c1cccc(I)c1. The maximum Gasteiger partial charge on any atom is 0.164 e. The molecule has 0 unspecified atom stereocenters. The van der Waals surface area contributed by atoms with Crippen LogP contribution in [0, 0.1) is 3.57 Å². The van der Waals surface area contributed by atoms with Crippen LogP contribution in [0.25, 0.3) is 16.9 Å². The molecule has 0 saturated heterocycles. The van der Waals surface area contributed by atoms with Crippen molar-refractivity contribution >= 4 is 57.0 Å². The number of benzene rings is 1. The number of nitrogens with zero attached hydrogens (tertiary/aromatic N) is 3. The molecule has 0 radical (unpaired) electrons. The number of hydrogen-bond donors (Lipinski definition) is 0. The fraction of sp³-hybridized carbons (Fsp3) is 0.143. The van der Waals surface area contributed by atoms with Crippen LogP contribution in [0.15, 0.2) is 36.5 Å². The number of alkyl halides is 1. The highest BCUT2D eigenvalue weighted by Gasteiger charge is 2.13. The summed E-state index contributed by atoms with van der Waals surface area (Å²) in [5, 5.41) is 0.585.